The van der Waals surface area contributed by atoms with Gasteiger partial charge in [-0.25, -0.2) is 0 Å². The van der Waals surface area contributed by atoms with E-state index in [0.29, 0.717) is 12.5 Å². The minimum absolute atomic E-state index is 0.144. The summed E-state index contributed by atoms with van der Waals surface area (Å²) in [5.74, 6) is 0.427. The molecule has 0 radical (unpaired) electrons. The van der Waals surface area contributed by atoms with Gasteiger partial charge in [-0.1, -0.05) is 19.1 Å². The molecular formula is C15H24N2O. The van der Waals surface area contributed by atoms with Gasteiger partial charge in [-0.2, -0.15) is 0 Å². The van der Waals surface area contributed by atoms with E-state index in [2.05, 4.69) is 36.1 Å². The summed E-state index contributed by atoms with van der Waals surface area (Å²) in [6.45, 7) is 4.47. The van der Waals surface area contributed by atoms with Crippen molar-refractivity contribution in [3.63, 3.8) is 0 Å². The number of nitrogens with zero attached hydrogens (tertiary/aromatic N) is 1. The first-order chi connectivity index (χ1) is 8.74. The third kappa shape index (κ3) is 3.03. The van der Waals surface area contributed by atoms with Gasteiger partial charge in [-0.15, -0.1) is 0 Å². The molecule has 18 heavy (non-hydrogen) atoms. The van der Waals surface area contributed by atoms with E-state index >= 15 is 0 Å². The van der Waals surface area contributed by atoms with Crippen molar-refractivity contribution in [1.82, 2.24) is 0 Å². The highest BCUT2D eigenvalue weighted by Crippen LogP contribution is 2.24. The van der Waals surface area contributed by atoms with Crippen LogP contribution >= 0.6 is 0 Å². The zero-order chi connectivity index (χ0) is 13.0. The molecular weight excluding hydrogens is 224 g/mol. The highest BCUT2D eigenvalue weighted by atomic mass is 16.3. The first-order valence-corrected chi connectivity index (χ1v) is 6.96. The maximum Gasteiger partial charge on any atom is 0.0476 e. The Kier molecular flexibility index (Phi) is 4.61. The van der Waals surface area contributed by atoms with Crippen molar-refractivity contribution >= 4 is 5.69 Å². The van der Waals surface area contributed by atoms with Crippen LogP contribution in [0.4, 0.5) is 5.69 Å². The summed E-state index contributed by atoms with van der Waals surface area (Å²) in [6, 6.07) is 8.72. The van der Waals surface area contributed by atoms with Gasteiger partial charge in [0.2, 0.25) is 0 Å². The monoisotopic (exact) mass is 248 g/mol. The molecule has 3 heteroatoms. The summed E-state index contributed by atoms with van der Waals surface area (Å²) in [4.78, 5) is 2.37. The third-order valence-corrected chi connectivity index (χ3v) is 3.90. The summed E-state index contributed by atoms with van der Waals surface area (Å²) < 4.78 is 0. The highest BCUT2D eigenvalue weighted by Gasteiger charge is 2.19. The van der Waals surface area contributed by atoms with Crippen molar-refractivity contribution in [3.05, 3.63) is 29.8 Å². The number of aliphatic hydroxyl groups excluding tert-OH is 1. The quantitative estimate of drug-likeness (QED) is 0.859. The molecule has 0 aromatic heterocycles. The van der Waals surface area contributed by atoms with Gasteiger partial charge in [-0.3, -0.25) is 0 Å². The van der Waals surface area contributed by atoms with Gasteiger partial charge < -0.3 is 15.7 Å². The summed E-state index contributed by atoms with van der Waals surface area (Å²) in [7, 11) is 0. The Balaban J connectivity index is 2.04. The zero-order valence-corrected chi connectivity index (χ0v) is 11.2. The van der Waals surface area contributed by atoms with Gasteiger partial charge in [0, 0.05) is 31.4 Å². The molecule has 3 N–H and O–H groups in total. The van der Waals surface area contributed by atoms with E-state index in [4.69, 9.17) is 5.73 Å². The minimum Gasteiger partial charge on any atom is -0.396 e. The lowest BCUT2D eigenvalue weighted by molar-refractivity contribution is 0.209. The number of rotatable bonds is 4. The van der Waals surface area contributed by atoms with Crippen molar-refractivity contribution in [2.75, 3.05) is 24.6 Å². The number of nitrogens with two attached hydrogens (primary N) is 1. The second kappa shape index (κ2) is 6.21. The molecule has 2 rings (SSSR count). The molecule has 1 fully saturated rings. The van der Waals surface area contributed by atoms with Crippen LogP contribution in [-0.2, 0) is 0 Å². The van der Waals surface area contributed by atoms with Crippen molar-refractivity contribution in [1.29, 1.82) is 0 Å². The third-order valence-electron chi connectivity index (χ3n) is 3.90. The standard InChI is InChI=1S/C15H24N2O/c1-2-15(16)13-5-7-14(8-6-13)17-9-3-4-12(10-17)11-18/h5-8,12,15,18H,2-4,9-11,16H2,1H3. The predicted octanol–water partition coefficient (Wildman–Crippen LogP) is 2.31. The van der Waals surface area contributed by atoms with Crippen LogP contribution in [0.15, 0.2) is 24.3 Å². The van der Waals surface area contributed by atoms with Crippen molar-refractivity contribution in [3.8, 4) is 0 Å². The maximum atomic E-state index is 9.26. The Labute approximate surface area is 110 Å². The Hall–Kier alpha value is -1.06. The zero-order valence-electron chi connectivity index (χ0n) is 11.2. The van der Waals surface area contributed by atoms with Crippen molar-refractivity contribution in [2.45, 2.75) is 32.2 Å². The molecule has 100 valence electrons. The van der Waals surface area contributed by atoms with Crippen molar-refractivity contribution < 1.29 is 5.11 Å². The van der Waals surface area contributed by atoms with Gasteiger partial charge in [-0.05, 0) is 42.9 Å². The highest BCUT2D eigenvalue weighted by molar-refractivity contribution is 5.48. The second-order valence-electron chi connectivity index (χ2n) is 5.24. The van der Waals surface area contributed by atoms with Crippen LogP contribution in [0, 0.1) is 5.92 Å². The van der Waals surface area contributed by atoms with E-state index in [0.717, 1.165) is 25.9 Å². The van der Waals surface area contributed by atoms with Gasteiger partial charge in [0.25, 0.3) is 0 Å². The van der Waals surface area contributed by atoms with E-state index in [-0.39, 0.29) is 6.04 Å². The van der Waals surface area contributed by atoms with Crippen LogP contribution in [0.5, 0.6) is 0 Å². The molecule has 1 saturated heterocycles. The topological polar surface area (TPSA) is 49.5 Å². The first kappa shape index (κ1) is 13.4. The van der Waals surface area contributed by atoms with Gasteiger partial charge in [0.05, 0.1) is 0 Å². The fraction of sp³-hybridized carbons (Fsp3) is 0.600. The molecule has 1 aliphatic heterocycles. The van der Waals surface area contributed by atoms with Crippen LogP contribution in [0.2, 0.25) is 0 Å². The first-order valence-electron chi connectivity index (χ1n) is 6.96. The van der Waals surface area contributed by atoms with E-state index in [1.54, 1.807) is 0 Å². The van der Waals surface area contributed by atoms with E-state index in [1.165, 1.54) is 17.7 Å². The summed E-state index contributed by atoms with van der Waals surface area (Å²) in [5, 5.41) is 9.26. The number of anilines is 1. The molecule has 0 bridgehead atoms. The fourth-order valence-electron chi connectivity index (χ4n) is 2.62. The molecule has 2 atom stereocenters. The smallest absolute Gasteiger partial charge is 0.0476 e. The normalized spacial score (nSPS) is 21.9. The van der Waals surface area contributed by atoms with Gasteiger partial charge in [0.15, 0.2) is 0 Å². The molecule has 0 saturated carbocycles. The predicted molar refractivity (Wildman–Crippen MR) is 75.7 cm³/mol. The van der Waals surface area contributed by atoms with E-state index in [1.807, 2.05) is 0 Å². The van der Waals surface area contributed by atoms with Crippen LogP contribution in [0.25, 0.3) is 0 Å². The average Bonchev–Trinajstić information content (AvgIpc) is 2.46. The summed E-state index contributed by atoms with van der Waals surface area (Å²) in [6.07, 6.45) is 3.28. The molecule has 0 amide bonds. The molecule has 0 spiro atoms. The fourth-order valence-corrected chi connectivity index (χ4v) is 2.62. The Morgan fingerprint density at radius 2 is 2.11 bits per heavy atom. The molecule has 1 aromatic rings. The number of hydrogen-bond donors (Lipinski definition) is 2. The Bertz CT molecular complexity index is 363. The van der Waals surface area contributed by atoms with E-state index < -0.39 is 0 Å². The maximum absolute atomic E-state index is 9.26. The second-order valence-corrected chi connectivity index (χ2v) is 5.24. The summed E-state index contributed by atoms with van der Waals surface area (Å²) in [5.41, 5.74) is 8.48. The minimum atomic E-state index is 0.144. The average molecular weight is 248 g/mol. The number of hydrogen-bond acceptors (Lipinski definition) is 3. The molecule has 1 aromatic carbocycles. The number of piperidine rings is 1. The van der Waals surface area contributed by atoms with Crippen LogP contribution in [0.1, 0.15) is 37.8 Å². The Morgan fingerprint density at radius 3 is 2.72 bits per heavy atom. The van der Waals surface area contributed by atoms with Crippen LogP contribution in [0.3, 0.4) is 0 Å². The SMILES string of the molecule is CCC(N)c1ccc(N2CCCC(CO)C2)cc1. The summed E-state index contributed by atoms with van der Waals surface area (Å²) >= 11 is 0. The lowest BCUT2D eigenvalue weighted by Crippen LogP contribution is -2.36. The molecule has 3 nitrogen and oxygen atoms in total. The molecule has 0 aliphatic carbocycles. The Morgan fingerprint density at radius 1 is 1.39 bits per heavy atom. The van der Waals surface area contributed by atoms with Crippen LogP contribution in [-0.4, -0.2) is 24.8 Å². The van der Waals surface area contributed by atoms with Crippen molar-refractivity contribution in [2.24, 2.45) is 11.7 Å². The largest absolute Gasteiger partial charge is 0.396 e. The molecule has 1 heterocycles. The number of benzene rings is 1. The molecule has 1 aliphatic rings. The molecule has 2 unspecified atom stereocenters. The van der Waals surface area contributed by atoms with Crippen LogP contribution < -0.4 is 10.6 Å². The van der Waals surface area contributed by atoms with Gasteiger partial charge in [0.1, 0.15) is 0 Å². The lowest BCUT2D eigenvalue weighted by Gasteiger charge is -2.33. The lowest BCUT2D eigenvalue weighted by atomic mass is 9.98. The number of aliphatic hydroxyl groups is 1. The van der Waals surface area contributed by atoms with E-state index in [9.17, 15) is 5.11 Å². The van der Waals surface area contributed by atoms with Gasteiger partial charge >= 0.3 is 0 Å².